The molecule has 0 bridgehead atoms. The summed E-state index contributed by atoms with van der Waals surface area (Å²) in [5, 5.41) is 3.10. The maximum absolute atomic E-state index is 13.0. The molecular weight excluding hydrogens is 377 g/mol. The Bertz CT molecular complexity index is 856. The van der Waals surface area contributed by atoms with Gasteiger partial charge < -0.3 is 5.32 Å². The molecule has 1 heterocycles. The number of benzene rings is 2. The quantitative estimate of drug-likeness (QED) is 0.857. The first kappa shape index (κ1) is 18.4. The number of carbonyl (C=O) groups is 2. The maximum atomic E-state index is 13.0. The summed E-state index contributed by atoms with van der Waals surface area (Å²) >= 11 is 7.07. The monoisotopic (exact) mass is 391 g/mol. The zero-order valence-electron chi connectivity index (χ0n) is 13.8. The molecule has 0 radical (unpaired) electrons. The van der Waals surface area contributed by atoms with Crippen LogP contribution in [0.5, 0.6) is 0 Å². The molecule has 1 aliphatic heterocycles. The lowest BCUT2D eigenvalue weighted by Crippen LogP contribution is -2.43. The van der Waals surface area contributed by atoms with Gasteiger partial charge in [-0.05, 0) is 48.5 Å². The Kier molecular flexibility index (Phi) is 5.58. The van der Waals surface area contributed by atoms with E-state index in [0.717, 1.165) is 0 Å². The van der Waals surface area contributed by atoms with Crippen LogP contribution < -0.4 is 5.32 Å². The topological polar surface area (TPSA) is 61.8 Å². The lowest BCUT2D eigenvalue weighted by atomic mass is 10.2. The van der Waals surface area contributed by atoms with E-state index in [0.29, 0.717) is 21.6 Å². The van der Waals surface area contributed by atoms with Crippen molar-refractivity contribution >= 4 is 51.7 Å². The molecule has 1 saturated heterocycles. The largest absolute Gasteiger partial charge is 0.325 e. The summed E-state index contributed by atoms with van der Waals surface area (Å²) < 4.78 is 13.0. The van der Waals surface area contributed by atoms with E-state index in [1.54, 1.807) is 31.3 Å². The van der Waals surface area contributed by atoms with Crippen molar-refractivity contribution in [3.63, 3.8) is 0 Å². The number of aliphatic imine (C=N–C) groups is 1. The van der Waals surface area contributed by atoms with Gasteiger partial charge in [-0.2, -0.15) is 0 Å². The van der Waals surface area contributed by atoms with Crippen LogP contribution in [0.3, 0.4) is 0 Å². The zero-order valence-corrected chi connectivity index (χ0v) is 15.4. The van der Waals surface area contributed by atoms with Crippen LogP contribution in [-0.4, -0.2) is 34.2 Å². The van der Waals surface area contributed by atoms with Crippen molar-refractivity contribution in [1.82, 2.24) is 4.90 Å². The van der Waals surface area contributed by atoms with E-state index in [-0.39, 0.29) is 24.1 Å². The summed E-state index contributed by atoms with van der Waals surface area (Å²) in [6.07, 6.45) is 0.0633. The van der Waals surface area contributed by atoms with Crippen LogP contribution in [0.25, 0.3) is 0 Å². The zero-order chi connectivity index (χ0) is 18.7. The Labute approximate surface area is 159 Å². The number of amides is 2. The van der Waals surface area contributed by atoms with E-state index in [1.165, 1.54) is 40.9 Å². The number of anilines is 1. The second kappa shape index (κ2) is 7.88. The second-order valence-corrected chi connectivity index (χ2v) is 7.24. The molecule has 0 aromatic heterocycles. The van der Waals surface area contributed by atoms with Crippen molar-refractivity contribution in [1.29, 1.82) is 0 Å². The van der Waals surface area contributed by atoms with Crippen molar-refractivity contribution in [2.75, 3.05) is 12.4 Å². The number of rotatable bonds is 3. The van der Waals surface area contributed by atoms with E-state index in [2.05, 4.69) is 10.3 Å². The molecule has 0 aliphatic carbocycles. The SMILES string of the molecule is CN1C(=O)C[C@@H](C(=O)Nc2ccc(F)cc2)SC1=Nc1ccc(Cl)cc1. The fourth-order valence-corrected chi connectivity index (χ4v) is 3.47. The van der Waals surface area contributed by atoms with Crippen LogP contribution in [0.2, 0.25) is 5.02 Å². The molecule has 5 nitrogen and oxygen atoms in total. The normalized spacial score (nSPS) is 18.9. The summed E-state index contributed by atoms with van der Waals surface area (Å²) in [4.78, 5) is 30.6. The third kappa shape index (κ3) is 4.42. The van der Waals surface area contributed by atoms with Gasteiger partial charge in [-0.1, -0.05) is 23.4 Å². The van der Waals surface area contributed by atoms with Crippen molar-refractivity contribution < 1.29 is 14.0 Å². The average molecular weight is 392 g/mol. The highest BCUT2D eigenvalue weighted by atomic mass is 35.5. The molecule has 0 unspecified atom stereocenters. The van der Waals surface area contributed by atoms with Gasteiger partial charge in [0.2, 0.25) is 11.8 Å². The summed E-state index contributed by atoms with van der Waals surface area (Å²) in [6.45, 7) is 0. The molecule has 1 atom stereocenters. The molecule has 2 aromatic carbocycles. The van der Waals surface area contributed by atoms with Crippen LogP contribution in [0.1, 0.15) is 6.42 Å². The maximum Gasteiger partial charge on any atom is 0.238 e. The third-order valence-electron chi connectivity index (χ3n) is 3.72. The van der Waals surface area contributed by atoms with Crippen molar-refractivity contribution in [2.24, 2.45) is 4.99 Å². The highest BCUT2D eigenvalue weighted by Crippen LogP contribution is 2.29. The van der Waals surface area contributed by atoms with E-state index < -0.39 is 5.25 Å². The first-order valence-electron chi connectivity index (χ1n) is 7.76. The third-order valence-corrected chi connectivity index (χ3v) is 5.22. The van der Waals surface area contributed by atoms with Crippen molar-refractivity contribution in [2.45, 2.75) is 11.7 Å². The fraction of sp³-hybridized carbons (Fsp3) is 0.167. The molecule has 2 aromatic rings. The van der Waals surface area contributed by atoms with Gasteiger partial charge in [0.25, 0.3) is 0 Å². The minimum atomic E-state index is -0.616. The van der Waals surface area contributed by atoms with Gasteiger partial charge in [-0.3, -0.25) is 14.5 Å². The summed E-state index contributed by atoms with van der Waals surface area (Å²) in [7, 11) is 1.62. The van der Waals surface area contributed by atoms with E-state index in [1.807, 2.05) is 0 Å². The number of carbonyl (C=O) groups excluding carboxylic acids is 2. The minimum Gasteiger partial charge on any atom is -0.325 e. The number of hydrogen-bond donors (Lipinski definition) is 1. The number of hydrogen-bond acceptors (Lipinski definition) is 4. The second-order valence-electron chi connectivity index (χ2n) is 5.63. The van der Waals surface area contributed by atoms with Crippen LogP contribution >= 0.6 is 23.4 Å². The first-order valence-corrected chi connectivity index (χ1v) is 9.02. The molecule has 1 aliphatic rings. The predicted octanol–water partition coefficient (Wildman–Crippen LogP) is 4.07. The lowest BCUT2D eigenvalue weighted by Gasteiger charge is -2.28. The van der Waals surface area contributed by atoms with E-state index in [4.69, 9.17) is 11.6 Å². The van der Waals surface area contributed by atoms with Crippen molar-refractivity contribution in [3.8, 4) is 0 Å². The van der Waals surface area contributed by atoms with Crippen LogP contribution in [0, 0.1) is 5.82 Å². The summed E-state index contributed by atoms with van der Waals surface area (Å²) in [6, 6.07) is 12.3. The first-order chi connectivity index (χ1) is 12.4. The number of nitrogens with zero attached hydrogens (tertiary/aromatic N) is 2. The average Bonchev–Trinajstić information content (AvgIpc) is 2.62. The van der Waals surface area contributed by atoms with Gasteiger partial charge in [0.1, 0.15) is 11.1 Å². The molecule has 1 N–H and O–H groups in total. The van der Waals surface area contributed by atoms with Gasteiger partial charge >= 0.3 is 0 Å². The Balaban J connectivity index is 1.76. The van der Waals surface area contributed by atoms with Gasteiger partial charge in [0.05, 0.1) is 5.69 Å². The van der Waals surface area contributed by atoms with Crippen LogP contribution in [0.4, 0.5) is 15.8 Å². The Morgan fingerprint density at radius 1 is 1.23 bits per heavy atom. The van der Waals surface area contributed by atoms with E-state index in [9.17, 15) is 14.0 Å². The molecular formula is C18H15ClFN3O2S. The number of amidine groups is 1. The lowest BCUT2D eigenvalue weighted by molar-refractivity contribution is -0.128. The van der Waals surface area contributed by atoms with Gasteiger partial charge in [0, 0.05) is 24.2 Å². The molecule has 1 fully saturated rings. The molecule has 2 amide bonds. The Morgan fingerprint density at radius 2 is 1.88 bits per heavy atom. The molecule has 26 heavy (non-hydrogen) atoms. The summed E-state index contributed by atoms with van der Waals surface area (Å²) in [5.41, 5.74) is 1.11. The standard InChI is InChI=1S/C18H15ClFN3O2S/c1-23-16(24)10-15(17(25)21-13-8-4-12(20)5-9-13)26-18(23)22-14-6-2-11(19)3-7-14/h2-9,15H,10H2,1H3,(H,21,25)/t15-/m0/s1. The number of nitrogens with one attached hydrogen (secondary N) is 1. The molecule has 3 rings (SSSR count). The van der Waals surface area contributed by atoms with Gasteiger partial charge in [-0.25, -0.2) is 9.38 Å². The molecule has 0 saturated carbocycles. The summed E-state index contributed by atoms with van der Waals surface area (Å²) in [5.74, 6) is -0.910. The van der Waals surface area contributed by atoms with Gasteiger partial charge in [-0.15, -0.1) is 0 Å². The molecule has 8 heteroatoms. The predicted molar refractivity (Wildman–Crippen MR) is 102 cm³/mol. The van der Waals surface area contributed by atoms with Crippen LogP contribution in [-0.2, 0) is 9.59 Å². The Hall–Kier alpha value is -2.38. The van der Waals surface area contributed by atoms with Crippen LogP contribution in [0.15, 0.2) is 53.5 Å². The number of halogens is 2. The highest BCUT2D eigenvalue weighted by Gasteiger charge is 2.34. The molecule has 0 spiro atoms. The molecule has 134 valence electrons. The number of thioether (sulfide) groups is 1. The fourth-order valence-electron chi connectivity index (χ4n) is 2.28. The highest BCUT2D eigenvalue weighted by molar-refractivity contribution is 8.15. The minimum absolute atomic E-state index is 0.0633. The smallest absolute Gasteiger partial charge is 0.238 e. The van der Waals surface area contributed by atoms with Crippen molar-refractivity contribution in [3.05, 3.63) is 59.4 Å². The van der Waals surface area contributed by atoms with Gasteiger partial charge in [0.15, 0.2) is 5.17 Å². The van der Waals surface area contributed by atoms with E-state index >= 15 is 0 Å². The Morgan fingerprint density at radius 3 is 2.54 bits per heavy atom.